The first-order valence-electron chi connectivity index (χ1n) is 5.92. The van der Waals surface area contributed by atoms with Gasteiger partial charge in [0, 0.05) is 32.6 Å². The molecule has 0 aliphatic heterocycles. The summed E-state index contributed by atoms with van der Waals surface area (Å²) >= 11 is 0. The number of guanidine groups is 1. The monoisotopic (exact) mass is 265 g/mol. The number of amides is 2. The highest BCUT2D eigenvalue weighted by molar-refractivity contribution is 5.93. The van der Waals surface area contributed by atoms with E-state index in [0.717, 1.165) is 5.56 Å². The molecule has 19 heavy (non-hydrogen) atoms. The zero-order valence-corrected chi connectivity index (χ0v) is 10.9. The summed E-state index contributed by atoms with van der Waals surface area (Å²) in [6.45, 7) is 1.15. The smallest absolute Gasteiger partial charge is 0.324 e. The Morgan fingerprint density at radius 3 is 2.79 bits per heavy atom. The van der Waals surface area contributed by atoms with Gasteiger partial charge in [-0.2, -0.15) is 0 Å². The van der Waals surface area contributed by atoms with Crippen LogP contribution in [0.3, 0.4) is 0 Å². The standard InChI is InChI=1S/C12H19N5O2/c1-19-9-7-16-12(18)17(11(13)14)8-4-10-2-5-15-6-3-10/h2-3,5-6H,4,7-9H2,1H3,(H3,13,14)(H,16,18). The second-order valence-corrected chi connectivity index (χ2v) is 3.87. The molecule has 0 spiro atoms. The Morgan fingerprint density at radius 1 is 1.53 bits per heavy atom. The first kappa shape index (κ1) is 14.9. The number of hydrogen-bond acceptors (Lipinski definition) is 4. The summed E-state index contributed by atoms with van der Waals surface area (Å²) < 4.78 is 4.84. The molecule has 0 unspecified atom stereocenters. The first-order valence-corrected chi connectivity index (χ1v) is 5.92. The molecule has 0 aromatic carbocycles. The van der Waals surface area contributed by atoms with Gasteiger partial charge in [-0.1, -0.05) is 0 Å². The van der Waals surface area contributed by atoms with E-state index in [1.54, 1.807) is 19.5 Å². The van der Waals surface area contributed by atoms with E-state index in [4.69, 9.17) is 15.9 Å². The number of ether oxygens (including phenoxy) is 1. The molecule has 104 valence electrons. The van der Waals surface area contributed by atoms with Crippen LogP contribution in [0.4, 0.5) is 4.79 Å². The van der Waals surface area contributed by atoms with E-state index in [1.807, 2.05) is 12.1 Å². The average molecular weight is 265 g/mol. The Hall–Kier alpha value is -2.15. The minimum absolute atomic E-state index is 0.274. The zero-order valence-electron chi connectivity index (χ0n) is 10.9. The van der Waals surface area contributed by atoms with Crippen molar-refractivity contribution in [2.75, 3.05) is 26.8 Å². The molecule has 0 radical (unpaired) electrons. The SMILES string of the molecule is COCCNC(=O)N(CCc1ccncc1)C(=N)N. The lowest BCUT2D eigenvalue weighted by atomic mass is 10.2. The topological polar surface area (TPSA) is 104 Å². The number of carbonyl (C=O) groups excluding carboxylic acids is 1. The third-order valence-electron chi connectivity index (χ3n) is 2.49. The summed E-state index contributed by atoms with van der Waals surface area (Å²) in [4.78, 5) is 16.9. The number of nitrogens with one attached hydrogen (secondary N) is 2. The zero-order chi connectivity index (χ0) is 14.1. The van der Waals surface area contributed by atoms with E-state index < -0.39 is 6.03 Å². The summed E-state index contributed by atoms with van der Waals surface area (Å²) in [5.41, 5.74) is 6.44. The van der Waals surface area contributed by atoms with Gasteiger partial charge in [0.25, 0.3) is 0 Å². The Labute approximate surface area is 112 Å². The normalized spacial score (nSPS) is 9.95. The lowest BCUT2D eigenvalue weighted by Gasteiger charge is -2.21. The van der Waals surface area contributed by atoms with Gasteiger partial charge in [0.1, 0.15) is 0 Å². The van der Waals surface area contributed by atoms with Crippen LogP contribution in [-0.4, -0.2) is 48.7 Å². The summed E-state index contributed by atoms with van der Waals surface area (Å²) in [6.07, 6.45) is 3.98. The summed E-state index contributed by atoms with van der Waals surface area (Å²) in [7, 11) is 1.55. The number of nitrogens with two attached hydrogens (primary N) is 1. The highest BCUT2D eigenvalue weighted by Gasteiger charge is 2.15. The molecule has 1 aromatic heterocycles. The van der Waals surface area contributed by atoms with Crippen molar-refractivity contribution in [3.05, 3.63) is 30.1 Å². The lowest BCUT2D eigenvalue weighted by molar-refractivity contribution is 0.190. The van der Waals surface area contributed by atoms with Crippen molar-refractivity contribution in [1.29, 1.82) is 5.41 Å². The molecule has 0 atom stereocenters. The van der Waals surface area contributed by atoms with E-state index in [1.165, 1.54) is 4.90 Å². The molecule has 0 aliphatic carbocycles. The molecule has 1 aromatic rings. The maximum Gasteiger partial charge on any atom is 0.324 e. The highest BCUT2D eigenvalue weighted by atomic mass is 16.5. The van der Waals surface area contributed by atoms with Gasteiger partial charge in [-0.15, -0.1) is 0 Å². The molecule has 4 N–H and O–H groups in total. The molecule has 1 heterocycles. The number of hydrogen-bond donors (Lipinski definition) is 3. The average Bonchev–Trinajstić information content (AvgIpc) is 2.40. The maximum absolute atomic E-state index is 11.8. The molecule has 0 bridgehead atoms. The Kier molecular flexibility index (Phi) is 6.31. The maximum atomic E-state index is 11.8. The van der Waals surface area contributed by atoms with Crippen LogP contribution in [0.25, 0.3) is 0 Å². The molecule has 2 amide bonds. The van der Waals surface area contributed by atoms with Crippen LogP contribution >= 0.6 is 0 Å². The van der Waals surface area contributed by atoms with Crippen molar-refractivity contribution in [1.82, 2.24) is 15.2 Å². The Morgan fingerprint density at radius 2 is 2.21 bits per heavy atom. The van der Waals surface area contributed by atoms with E-state index in [2.05, 4.69) is 10.3 Å². The van der Waals surface area contributed by atoms with Crippen LogP contribution in [0.1, 0.15) is 5.56 Å². The molecule has 0 aliphatic rings. The van der Waals surface area contributed by atoms with E-state index in [-0.39, 0.29) is 5.96 Å². The van der Waals surface area contributed by atoms with Crippen molar-refractivity contribution >= 4 is 12.0 Å². The van der Waals surface area contributed by atoms with Crippen LogP contribution in [0, 0.1) is 5.41 Å². The fourth-order valence-electron chi connectivity index (χ4n) is 1.48. The summed E-state index contributed by atoms with van der Waals surface area (Å²) in [6, 6.07) is 3.33. The van der Waals surface area contributed by atoms with Crippen LogP contribution < -0.4 is 11.1 Å². The second-order valence-electron chi connectivity index (χ2n) is 3.87. The first-order chi connectivity index (χ1) is 9.15. The van der Waals surface area contributed by atoms with Crippen molar-refractivity contribution in [2.45, 2.75) is 6.42 Å². The summed E-state index contributed by atoms with van der Waals surface area (Å²) in [5, 5.41) is 10.1. The molecule has 7 heteroatoms. The van der Waals surface area contributed by atoms with Crippen molar-refractivity contribution < 1.29 is 9.53 Å². The van der Waals surface area contributed by atoms with E-state index in [9.17, 15) is 4.79 Å². The largest absolute Gasteiger partial charge is 0.383 e. The Balaban J connectivity index is 2.48. The molecular formula is C12H19N5O2. The minimum Gasteiger partial charge on any atom is -0.383 e. The van der Waals surface area contributed by atoms with Crippen molar-refractivity contribution in [3.63, 3.8) is 0 Å². The fraction of sp³-hybridized carbons (Fsp3) is 0.417. The van der Waals surface area contributed by atoms with Gasteiger partial charge in [-0.25, -0.2) is 4.79 Å². The number of carbonyl (C=O) groups is 1. The van der Waals surface area contributed by atoms with Gasteiger partial charge in [0.15, 0.2) is 5.96 Å². The van der Waals surface area contributed by atoms with E-state index >= 15 is 0 Å². The van der Waals surface area contributed by atoms with E-state index in [0.29, 0.717) is 26.1 Å². The van der Waals surface area contributed by atoms with Crippen LogP contribution in [0.2, 0.25) is 0 Å². The quantitative estimate of drug-likeness (QED) is 0.387. The van der Waals surface area contributed by atoms with Gasteiger partial charge in [0.05, 0.1) is 6.61 Å². The van der Waals surface area contributed by atoms with Gasteiger partial charge < -0.3 is 15.8 Å². The number of methoxy groups -OCH3 is 1. The summed E-state index contributed by atoms with van der Waals surface area (Å²) in [5.74, 6) is -0.274. The molecule has 0 saturated heterocycles. The van der Waals surface area contributed by atoms with Crippen LogP contribution in [0.15, 0.2) is 24.5 Å². The molecule has 0 fully saturated rings. The number of pyridine rings is 1. The highest BCUT2D eigenvalue weighted by Crippen LogP contribution is 2.00. The fourth-order valence-corrected chi connectivity index (χ4v) is 1.48. The lowest BCUT2D eigenvalue weighted by Crippen LogP contribution is -2.48. The van der Waals surface area contributed by atoms with Crippen LogP contribution in [-0.2, 0) is 11.2 Å². The minimum atomic E-state index is -0.390. The van der Waals surface area contributed by atoms with Crippen LogP contribution in [0.5, 0.6) is 0 Å². The molecule has 0 saturated carbocycles. The predicted octanol–water partition coefficient (Wildman–Crippen LogP) is 0.176. The van der Waals surface area contributed by atoms with Gasteiger partial charge in [0.2, 0.25) is 0 Å². The molecule has 7 nitrogen and oxygen atoms in total. The third-order valence-corrected chi connectivity index (χ3v) is 2.49. The third kappa shape index (κ3) is 5.35. The molecule has 1 rings (SSSR count). The van der Waals surface area contributed by atoms with Crippen molar-refractivity contribution in [2.24, 2.45) is 5.73 Å². The second kappa shape index (κ2) is 8.04. The van der Waals surface area contributed by atoms with Gasteiger partial charge in [-0.05, 0) is 24.1 Å². The predicted molar refractivity (Wildman–Crippen MR) is 71.8 cm³/mol. The Bertz CT molecular complexity index is 410. The van der Waals surface area contributed by atoms with Crippen molar-refractivity contribution in [3.8, 4) is 0 Å². The molecular weight excluding hydrogens is 246 g/mol. The van der Waals surface area contributed by atoms with Gasteiger partial charge in [-0.3, -0.25) is 15.3 Å². The number of urea groups is 1. The number of aromatic nitrogens is 1. The number of nitrogens with zero attached hydrogens (tertiary/aromatic N) is 2. The number of rotatable bonds is 6. The van der Waals surface area contributed by atoms with Gasteiger partial charge >= 0.3 is 6.03 Å².